The van der Waals surface area contributed by atoms with Crippen LogP contribution in [0.3, 0.4) is 0 Å². The van der Waals surface area contributed by atoms with Gasteiger partial charge in [-0.05, 0) is 37.0 Å². The minimum atomic E-state index is -0.201. The van der Waals surface area contributed by atoms with Gasteiger partial charge in [-0.1, -0.05) is 6.07 Å². The van der Waals surface area contributed by atoms with E-state index in [4.69, 9.17) is 9.47 Å². The molecule has 4 heteroatoms. The second-order valence-electron chi connectivity index (χ2n) is 5.19. The molecule has 1 fully saturated rings. The zero-order valence-corrected chi connectivity index (χ0v) is 11.0. The van der Waals surface area contributed by atoms with Crippen LogP contribution in [0.15, 0.2) is 18.2 Å². The molecule has 0 saturated carbocycles. The highest BCUT2D eigenvalue weighted by atomic mass is 16.5. The normalized spacial score (nSPS) is 21.6. The average molecular weight is 261 g/mol. The lowest BCUT2D eigenvalue weighted by Gasteiger charge is -2.20. The summed E-state index contributed by atoms with van der Waals surface area (Å²) in [5.41, 5.74) is 2.88. The highest BCUT2D eigenvalue weighted by Gasteiger charge is 2.21. The Kier molecular flexibility index (Phi) is 3.69. The molecule has 1 saturated heterocycles. The van der Waals surface area contributed by atoms with Gasteiger partial charge in [-0.2, -0.15) is 0 Å². The lowest BCUT2D eigenvalue weighted by atomic mass is 9.98. The molecule has 0 bridgehead atoms. The maximum absolute atomic E-state index is 12.2. The topological polar surface area (TPSA) is 47.6 Å². The molecule has 1 aromatic rings. The number of carbonyl (C=O) groups is 1. The Hall–Kier alpha value is -1.55. The Bertz CT molecular complexity index is 466. The van der Waals surface area contributed by atoms with Gasteiger partial charge in [0.2, 0.25) is 0 Å². The number of anilines is 1. The smallest absolute Gasteiger partial charge is 0.338 e. The third-order valence-corrected chi connectivity index (χ3v) is 3.79. The van der Waals surface area contributed by atoms with Gasteiger partial charge < -0.3 is 14.8 Å². The van der Waals surface area contributed by atoms with Crippen molar-refractivity contribution in [3.8, 4) is 0 Å². The van der Waals surface area contributed by atoms with E-state index in [0.29, 0.717) is 24.7 Å². The number of benzene rings is 1. The Morgan fingerprint density at radius 1 is 1.47 bits per heavy atom. The Labute approximate surface area is 113 Å². The van der Waals surface area contributed by atoms with Crippen molar-refractivity contribution in [1.29, 1.82) is 0 Å². The number of fused-ring (bicyclic) bond motifs is 1. The molecule has 102 valence electrons. The largest absolute Gasteiger partial charge is 0.462 e. The number of ether oxygens (including phenoxy) is 2. The summed E-state index contributed by atoms with van der Waals surface area (Å²) in [6.07, 6.45) is 3.00. The molecule has 4 nitrogen and oxygen atoms in total. The van der Waals surface area contributed by atoms with Gasteiger partial charge in [0, 0.05) is 24.8 Å². The summed E-state index contributed by atoms with van der Waals surface area (Å²) in [4.78, 5) is 12.2. The highest BCUT2D eigenvalue weighted by molar-refractivity contribution is 5.93. The monoisotopic (exact) mass is 261 g/mol. The summed E-state index contributed by atoms with van der Waals surface area (Å²) in [7, 11) is 0. The van der Waals surface area contributed by atoms with Crippen molar-refractivity contribution >= 4 is 11.7 Å². The molecular formula is C15H19NO3. The maximum atomic E-state index is 12.2. The van der Waals surface area contributed by atoms with Crippen molar-refractivity contribution in [2.24, 2.45) is 5.92 Å². The zero-order chi connectivity index (χ0) is 13.1. The first-order chi connectivity index (χ1) is 9.34. The summed E-state index contributed by atoms with van der Waals surface area (Å²) < 4.78 is 10.7. The molecule has 0 radical (unpaired) electrons. The molecule has 1 aromatic carbocycles. The Morgan fingerprint density at radius 3 is 3.26 bits per heavy atom. The fraction of sp³-hybridized carbons (Fsp3) is 0.533. The highest BCUT2D eigenvalue weighted by Crippen LogP contribution is 2.26. The van der Waals surface area contributed by atoms with Crippen molar-refractivity contribution in [3.63, 3.8) is 0 Å². The zero-order valence-electron chi connectivity index (χ0n) is 11.0. The molecule has 0 spiro atoms. The minimum Gasteiger partial charge on any atom is -0.462 e. The predicted octanol–water partition coefficient (Wildman–Crippen LogP) is 2.24. The molecule has 1 atom stereocenters. The lowest BCUT2D eigenvalue weighted by molar-refractivity contribution is 0.0427. The molecule has 2 heterocycles. The van der Waals surface area contributed by atoms with Crippen molar-refractivity contribution in [1.82, 2.24) is 0 Å². The lowest BCUT2D eigenvalue weighted by Crippen LogP contribution is -2.19. The fourth-order valence-electron chi connectivity index (χ4n) is 2.69. The van der Waals surface area contributed by atoms with Gasteiger partial charge in [0.15, 0.2) is 0 Å². The van der Waals surface area contributed by atoms with Gasteiger partial charge in [0.25, 0.3) is 0 Å². The number of hydrogen-bond acceptors (Lipinski definition) is 4. The van der Waals surface area contributed by atoms with Crippen LogP contribution in [0.4, 0.5) is 5.69 Å². The molecule has 0 aromatic heterocycles. The van der Waals surface area contributed by atoms with Crippen LogP contribution >= 0.6 is 0 Å². The van der Waals surface area contributed by atoms with E-state index in [1.807, 2.05) is 18.2 Å². The van der Waals surface area contributed by atoms with Gasteiger partial charge >= 0.3 is 5.97 Å². The van der Waals surface area contributed by atoms with Crippen molar-refractivity contribution in [3.05, 3.63) is 29.3 Å². The van der Waals surface area contributed by atoms with E-state index < -0.39 is 0 Å². The molecule has 1 unspecified atom stereocenters. The van der Waals surface area contributed by atoms with Crippen LogP contribution in [0.5, 0.6) is 0 Å². The molecule has 2 aliphatic rings. The van der Waals surface area contributed by atoms with Gasteiger partial charge in [-0.25, -0.2) is 4.79 Å². The standard InChI is InChI=1S/C15H19NO3/c17-15(19-10-11-6-8-18-9-11)13-3-1-5-14-12(13)4-2-7-16-14/h1,3,5,11,16H,2,4,6-10H2. The maximum Gasteiger partial charge on any atom is 0.338 e. The Morgan fingerprint density at radius 2 is 2.42 bits per heavy atom. The third-order valence-electron chi connectivity index (χ3n) is 3.79. The summed E-state index contributed by atoms with van der Waals surface area (Å²) >= 11 is 0. The van der Waals surface area contributed by atoms with E-state index in [-0.39, 0.29) is 5.97 Å². The number of esters is 1. The van der Waals surface area contributed by atoms with E-state index in [1.54, 1.807) is 0 Å². The van der Waals surface area contributed by atoms with E-state index in [0.717, 1.165) is 43.7 Å². The van der Waals surface area contributed by atoms with Crippen LogP contribution in [-0.4, -0.2) is 32.3 Å². The SMILES string of the molecule is O=C(OCC1CCOC1)c1cccc2c1CCCN2. The first kappa shape index (κ1) is 12.5. The molecule has 3 rings (SSSR count). The van der Waals surface area contributed by atoms with Crippen molar-refractivity contribution in [2.45, 2.75) is 19.3 Å². The fourth-order valence-corrected chi connectivity index (χ4v) is 2.69. The van der Waals surface area contributed by atoms with E-state index in [1.165, 1.54) is 0 Å². The van der Waals surface area contributed by atoms with Gasteiger partial charge in [0.05, 0.1) is 18.8 Å². The molecular weight excluding hydrogens is 242 g/mol. The molecule has 1 N–H and O–H groups in total. The average Bonchev–Trinajstić information content (AvgIpc) is 2.97. The first-order valence-corrected chi connectivity index (χ1v) is 6.95. The van der Waals surface area contributed by atoms with Crippen LogP contribution < -0.4 is 5.32 Å². The first-order valence-electron chi connectivity index (χ1n) is 6.95. The number of rotatable bonds is 3. The molecule has 0 aliphatic carbocycles. The summed E-state index contributed by atoms with van der Waals surface area (Å²) in [5, 5.41) is 3.33. The number of carbonyl (C=O) groups excluding carboxylic acids is 1. The van der Waals surface area contributed by atoms with Gasteiger partial charge in [-0.3, -0.25) is 0 Å². The van der Waals surface area contributed by atoms with Gasteiger partial charge in [-0.15, -0.1) is 0 Å². The number of nitrogens with one attached hydrogen (secondary N) is 1. The third kappa shape index (κ3) is 2.73. The Balaban J connectivity index is 1.68. The second-order valence-corrected chi connectivity index (χ2v) is 5.19. The van der Waals surface area contributed by atoms with Crippen molar-refractivity contribution < 1.29 is 14.3 Å². The number of hydrogen-bond donors (Lipinski definition) is 1. The van der Waals surface area contributed by atoms with Crippen LogP contribution in [0.25, 0.3) is 0 Å². The van der Waals surface area contributed by atoms with E-state index >= 15 is 0 Å². The van der Waals surface area contributed by atoms with Crippen molar-refractivity contribution in [2.75, 3.05) is 31.7 Å². The summed E-state index contributed by atoms with van der Waals surface area (Å²) in [6.45, 7) is 2.94. The summed E-state index contributed by atoms with van der Waals surface area (Å²) in [5.74, 6) is 0.161. The summed E-state index contributed by atoms with van der Waals surface area (Å²) in [6, 6.07) is 5.79. The van der Waals surface area contributed by atoms with E-state index in [9.17, 15) is 4.79 Å². The van der Waals surface area contributed by atoms with Gasteiger partial charge in [0.1, 0.15) is 0 Å². The van der Waals surface area contributed by atoms with E-state index in [2.05, 4.69) is 5.32 Å². The molecule has 19 heavy (non-hydrogen) atoms. The second kappa shape index (κ2) is 5.61. The predicted molar refractivity (Wildman–Crippen MR) is 72.5 cm³/mol. The quantitative estimate of drug-likeness (QED) is 0.848. The van der Waals surface area contributed by atoms with Crippen LogP contribution in [0.2, 0.25) is 0 Å². The van der Waals surface area contributed by atoms with Crippen LogP contribution in [-0.2, 0) is 15.9 Å². The van der Waals surface area contributed by atoms with Crippen LogP contribution in [0, 0.1) is 5.92 Å². The van der Waals surface area contributed by atoms with Crippen LogP contribution in [0.1, 0.15) is 28.8 Å². The molecule has 0 amide bonds. The molecule has 2 aliphatic heterocycles. The minimum absolute atomic E-state index is 0.201.